The lowest BCUT2D eigenvalue weighted by Gasteiger charge is -2.21. The summed E-state index contributed by atoms with van der Waals surface area (Å²) < 4.78 is 13.1. The van der Waals surface area contributed by atoms with Gasteiger partial charge < -0.3 is 10.2 Å². The van der Waals surface area contributed by atoms with Crippen LogP contribution in [0.2, 0.25) is 0 Å². The quantitative estimate of drug-likeness (QED) is 0.345. The average molecular weight is 291 g/mol. The van der Waals surface area contributed by atoms with Gasteiger partial charge in [0.1, 0.15) is 5.82 Å². The Kier molecular flexibility index (Phi) is 8.17. The zero-order chi connectivity index (χ0) is 15.5. The summed E-state index contributed by atoms with van der Waals surface area (Å²) >= 11 is 0. The van der Waals surface area contributed by atoms with E-state index in [0.29, 0.717) is 0 Å². The molecule has 1 aromatic rings. The van der Waals surface area contributed by atoms with Crippen molar-refractivity contribution in [1.82, 2.24) is 10.2 Å². The van der Waals surface area contributed by atoms with E-state index in [-0.39, 0.29) is 5.82 Å². The Bertz CT molecular complexity index is 457. The van der Waals surface area contributed by atoms with Crippen LogP contribution in [-0.2, 0) is 6.42 Å². The number of halogens is 1. The number of hydrogen-bond donors (Lipinski definition) is 1. The maximum Gasteiger partial charge on any atom is 0.193 e. The van der Waals surface area contributed by atoms with Crippen molar-refractivity contribution in [3.63, 3.8) is 0 Å². The minimum atomic E-state index is -0.168. The molecule has 0 saturated carbocycles. The fourth-order valence-electron chi connectivity index (χ4n) is 2.15. The molecule has 0 aliphatic heterocycles. The molecule has 1 aromatic carbocycles. The fraction of sp³-hybridized carbons (Fsp3) is 0.471. The Balaban J connectivity index is 2.27. The van der Waals surface area contributed by atoms with Crippen LogP contribution in [0.25, 0.3) is 0 Å². The topological polar surface area (TPSA) is 27.6 Å². The largest absolute Gasteiger partial charge is 0.356 e. The van der Waals surface area contributed by atoms with Gasteiger partial charge in [-0.05, 0) is 43.4 Å². The normalized spacial score (nSPS) is 11.3. The molecule has 0 amide bonds. The number of unbranched alkanes of at least 4 members (excludes halogenated alkanes) is 1. The molecular formula is C17H26FN3. The summed E-state index contributed by atoms with van der Waals surface area (Å²) in [5.74, 6) is 0.733. The van der Waals surface area contributed by atoms with Gasteiger partial charge in [-0.3, -0.25) is 4.99 Å². The van der Waals surface area contributed by atoms with Gasteiger partial charge in [-0.25, -0.2) is 4.39 Å². The molecule has 0 aliphatic rings. The highest BCUT2D eigenvalue weighted by Crippen LogP contribution is 2.05. The Morgan fingerprint density at radius 2 is 2.24 bits per heavy atom. The maximum atomic E-state index is 13.1. The Hall–Kier alpha value is -1.84. The van der Waals surface area contributed by atoms with Crippen molar-refractivity contribution in [3.05, 3.63) is 48.3 Å². The highest BCUT2D eigenvalue weighted by Gasteiger charge is 2.04. The van der Waals surface area contributed by atoms with Gasteiger partial charge in [0.15, 0.2) is 5.96 Å². The predicted octanol–water partition coefficient (Wildman–Crippen LogP) is 3.23. The Morgan fingerprint density at radius 1 is 1.43 bits per heavy atom. The van der Waals surface area contributed by atoms with Gasteiger partial charge in [-0.2, -0.15) is 0 Å². The molecule has 0 aliphatic carbocycles. The molecule has 116 valence electrons. The summed E-state index contributed by atoms with van der Waals surface area (Å²) in [6.07, 6.45) is 5.83. The molecule has 0 aromatic heterocycles. The lowest BCUT2D eigenvalue weighted by Crippen LogP contribution is -2.39. The van der Waals surface area contributed by atoms with Gasteiger partial charge >= 0.3 is 0 Å². The zero-order valence-electron chi connectivity index (χ0n) is 13.1. The van der Waals surface area contributed by atoms with Gasteiger partial charge in [0, 0.05) is 27.2 Å². The van der Waals surface area contributed by atoms with Crippen molar-refractivity contribution in [2.45, 2.75) is 25.7 Å². The van der Waals surface area contributed by atoms with Crippen molar-refractivity contribution in [1.29, 1.82) is 0 Å². The van der Waals surface area contributed by atoms with E-state index in [4.69, 9.17) is 0 Å². The average Bonchev–Trinajstić information content (AvgIpc) is 2.47. The van der Waals surface area contributed by atoms with Crippen molar-refractivity contribution in [3.8, 4) is 0 Å². The second-order valence-electron chi connectivity index (χ2n) is 5.06. The van der Waals surface area contributed by atoms with Gasteiger partial charge in [0.25, 0.3) is 0 Å². The molecular weight excluding hydrogens is 265 g/mol. The third-order valence-electron chi connectivity index (χ3n) is 3.29. The number of aryl methyl sites for hydroxylation is 1. The molecule has 0 atom stereocenters. The van der Waals surface area contributed by atoms with Gasteiger partial charge in [-0.1, -0.05) is 18.2 Å². The first kappa shape index (κ1) is 17.2. The number of benzene rings is 1. The first-order valence-corrected chi connectivity index (χ1v) is 7.44. The molecule has 0 heterocycles. The second kappa shape index (κ2) is 9.97. The summed E-state index contributed by atoms with van der Waals surface area (Å²) in [7, 11) is 3.82. The van der Waals surface area contributed by atoms with Crippen LogP contribution >= 0.6 is 0 Å². The first-order valence-electron chi connectivity index (χ1n) is 7.44. The maximum absolute atomic E-state index is 13.1. The van der Waals surface area contributed by atoms with E-state index in [1.165, 1.54) is 6.07 Å². The molecule has 0 fully saturated rings. The molecule has 0 saturated heterocycles. The van der Waals surface area contributed by atoms with Crippen molar-refractivity contribution in [2.24, 2.45) is 4.99 Å². The highest BCUT2D eigenvalue weighted by molar-refractivity contribution is 5.79. The van der Waals surface area contributed by atoms with Gasteiger partial charge in [0.05, 0.1) is 0 Å². The molecule has 4 heteroatoms. The van der Waals surface area contributed by atoms with Crippen molar-refractivity contribution in [2.75, 3.05) is 27.2 Å². The van der Waals surface area contributed by atoms with E-state index >= 15 is 0 Å². The van der Waals surface area contributed by atoms with Crippen LogP contribution in [0.5, 0.6) is 0 Å². The summed E-state index contributed by atoms with van der Waals surface area (Å²) in [6, 6.07) is 6.78. The molecule has 1 rings (SSSR count). The zero-order valence-corrected chi connectivity index (χ0v) is 13.1. The van der Waals surface area contributed by atoms with Gasteiger partial charge in [0.2, 0.25) is 0 Å². The van der Waals surface area contributed by atoms with Crippen LogP contribution in [0.1, 0.15) is 24.8 Å². The molecule has 21 heavy (non-hydrogen) atoms. The minimum absolute atomic E-state index is 0.168. The third kappa shape index (κ3) is 6.93. The lowest BCUT2D eigenvalue weighted by molar-refractivity contribution is 0.469. The lowest BCUT2D eigenvalue weighted by atomic mass is 10.1. The second-order valence-corrected chi connectivity index (χ2v) is 5.06. The number of rotatable bonds is 8. The monoisotopic (exact) mass is 291 g/mol. The Morgan fingerprint density at radius 3 is 2.90 bits per heavy atom. The number of hydrogen-bond acceptors (Lipinski definition) is 1. The van der Waals surface area contributed by atoms with E-state index < -0.39 is 0 Å². The highest BCUT2D eigenvalue weighted by atomic mass is 19.1. The Labute approximate surface area is 127 Å². The molecule has 1 N–H and O–H groups in total. The molecule has 3 nitrogen and oxygen atoms in total. The number of guanidine groups is 1. The molecule has 0 spiro atoms. The smallest absolute Gasteiger partial charge is 0.193 e. The molecule has 0 bridgehead atoms. The summed E-state index contributed by atoms with van der Waals surface area (Å²) in [5, 5.41) is 3.34. The van der Waals surface area contributed by atoms with E-state index in [0.717, 1.165) is 50.3 Å². The van der Waals surface area contributed by atoms with Crippen LogP contribution in [0.3, 0.4) is 0 Å². The van der Waals surface area contributed by atoms with E-state index in [2.05, 4.69) is 21.8 Å². The summed E-state index contributed by atoms with van der Waals surface area (Å²) in [4.78, 5) is 6.39. The minimum Gasteiger partial charge on any atom is -0.356 e. The molecule has 0 radical (unpaired) electrons. The number of allylic oxidation sites excluding steroid dienone is 1. The summed E-state index contributed by atoms with van der Waals surface area (Å²) in [6.45, 7) is 5.51. The SMILES string of the molecule is C=CCCCN(C)C(=NC)NCCCc1cccc(F)c1. The van der Waals surface area contributed by atoms with Crippen LogP contribution in [0, 0.1) is 5.82 Å². The predicted molar refractivity (Wildman–Crippen MR) is 88.1 cm³/mol. The van der Waals surface area contributed by atoms with Gasteiger partial charge in [-0.15, -0.1) is 6.58 Å². The van der Waals surface area contributed by atoms with E-state index in [1.54, 1.807) is 19.2 Å². The summed E-state index contributed by atoms with van der Waals surface area (Å²) in [5.41, 5.74) is 1.03. The number of nitrogens with one attached hydrogen (secondary N) is 1. The van der Waals surface area contributed by atoms with E-state index in [9.17, 15) is 4.39 Å². The van der Waals surface area contributed by atoms with E-state index in [1.807, 2.05) is 19.2 Å². The third-order valence-corrected chi connectivity index (χ3v) is 3.29. The first-order chi connectivity index (χ1) is 10.2. The number of nitrogens with zero attached hydrogens (tertiary/aromatic N) is 2. The van der Waals surface area contributed by atoms with Crippen LogP contribution < -0.4 is 5.32 Å². The fourth-order valence-corrected chi connectivity index (χ4v) is 2.15. The molecule has 0 unspecified atom stereocenters. The van der Waals surface area contributed by atoms with Crippen LogP contribution in [0.4, 0.5) is 4.39 Å². The van der Waals surface area contributed by atoms with Crippen LogP contribution in [-0.4, -0.2) is 38.0 Å². The number of aliphatic imine (C=N–C) groups is 1. The van der Waals surface area contributed by atoms with Crippen LogP contribution in [0.15, 0.2) is 41.9 Å². The standard InChI is InChI=1S/C17H26FN3/c1-4-5-6-13-21(3)17(19-2)20-12-8-10-15-9-7-11-16(18)14-15/h4,7,9,11,14H,1,5-6,8,10,12-13H2,2-3H3,(H,19,20). The van der Waals surface area contributed by atoms with Crippen molar-refractivity contribution < 1.29 is 4.39 Å². The van der Waals surface area contributed by atoms with Crippen molar-refractivity contribution >= 4 is 5.96 Å².